The number of H-pyrrole nitrogens is 1. The maximum absolute atomic E-state index is 12.7. The molecule has 1 saturated heterocycles. The molecule has 12 heteroatoms. The lowest BCUT2D eigenvalue weighted by Gasteiger charge is -2.26. The summed E-state index contributed by atoms with van der Waals surface area (Å²) in [6, 6.07) is 6.21. The molecular formula is C21H31N5O6S. The molecule has 2 aromatic rings. The number of aromatic nitrogens is 2. The number of hydrogen-bond donors (Lipinski definition) is 2. The number of nitrogens with two attached hydrogens (primary N) is 1. The maximum Gasteiger partial charge on any atom is 0.330 e. The van der Waals surface area contributed by atoms with E-state index in [4.69, 9.17) is 15.2 Å². The molecule has 1 aliphatic heterocycles. The van der Waals surface area contributed by atoms with E-state index in [-0.39, 0.29) is 23.0 Å². The van der Waals surface area contributed by atoms with Crippen molar-refractivity contribution in [3.05, 3.63) is 45.1 Å². The highest BCUT2D eigenvalue weighted by atomic mass is 32.2. The first kappa shape index (κ1) is 24.8. The molecule has 2 heterocycles. The molecule has 0 radical (unpaired) electrons. The minimum Gasteiger partial charge on any atom is -0.492 e. The van der Waals surface area contributed by atoms with Crippen molar-refractivity contribution in [1.29, 1.82) is 0 Å². The van der Waals surface area contributed by atoms with Gasteiger partial charge in [0.15, 0.2) is 0 Å². The van der Waals surface area contributed by atoms with E-state index < -0.39 is 21.3 Å². The fraction of sp³-hybridized carbons (Fsp3) is 0.524. The van der Waals surface area contributed by atoms with Crippen molar-refractivity contribution < 1.29 is 17.9 Å². The number of unbranched alkanes of at least 4 members (excludes halogenated alkanes) is 1. The van der Waals surface area contributed by atoms with Gasteiger partial charge in [-0.3, -0.25) is 14.3 Å². The monoisotopic (exact) mass is 481 g/mol. The average molecular weight is 482 g/mol. The number of ether oxygens (including phenoxy) is 2. The van der Waals surface area contributed by atoms with E-state index in [9.17, 15) is 18.0 Å². The van der Waals surface area contributed by atoms with E-state index in [1.807, 2.05) is 6.92 Å². The Hall–Kier alpha value is -2.83. The van der Waals surface area contributed by atoms with Gasteiger partial charge < -0.3 is 20.1 Å². The standard InChI is InChI=1S/C21H31N5O6S/c1-3-4-9-26-19(22)18(20(27)23-21(26)28)24(2)10-15-32-16-5-7-17(8-6-16)33(29,30)25-11-13-31-14-12-25/h5-8H,3-4,9-15,22H2,1-2H3,(H,23,27,28). The number of hydrogen-bond acceptors (Lipinski definition) is 8. The first-order valence-corrected chi connectivity index (χ1v) is 12.3. The third-order valence-electron chi connectivity index (χ3n) is 5.46. The van der Waals surface area contributed by atoms with Crippen molar-refractivity contribution in [1.82, 2.24) is 13.9 Å². The van der Waals surface area contributed by atoms with Crippen LogP contribution in [-0.4, -0.2) is 68.8 Å². The summed E-state index contributed by atoms with van der Waals surface area (Å²) in [6.45, 7) is 4.42. The van der Waals surface area contributed by atoms with Gasteiger partial charge in [-0.15, -0.1) is 0 Å². The summed E-state index contributed by atoms with van der Waals surface area (Å²) in [5, 5.41) is 0. The zero-order valence-corrected chi connectivity index (χ0v) is 19.8. The Morgan fingerprint density at radius 2 is 1.85 bits per heavy atom. The van der Waals surface area contributed by atoms with Crippen LogP contribution in [0, 0.1) is 0 Å². The Balaban J connectivity index is 1.62. The van der Waals surface area contributed by atoms with E-state index >= 15 is 0 Å². The average Bonchev–Trinajstić information content (AvgIpc) is 2.79. The summed E-state index contributed by atoms with van der Waals surface area (Å²) in [4.78, 5) is 28.5. The molecule has 0 unspecified atom stereocenters. The van der Waals surface area contributed by atoms with Crippen molar-refractivity contribution in [3.8, 4) is 5.75 Å². The summed E-state index contributed by atoms with van der Waals surface area (Å²) in [7, 11) is -1.87. The number of sulfonamides is 1. The highest BCUT2D eigenvalue weighted by Gasteiger charge is 2.26. The first-order chi connectivity index (χ1) is 15.8. The van der Waals surface area contributed by atoms with Crippen LogP contribution >= 0.6 is 0 Å². The van der Waals surface area contributed by atoms with Crippen LogP contribution in [-0.2, 0) is 21.3 Å². The molecule has 33 heavy (non-hydrogen) atoms. The third kappa shape index (κ3) is 5.75. The highest BCUT2D eigenvalue weighted by Crippen LogP contribution is 2.21. The van der Waals surface area contributed by atoms with Crippen molar-refractivity contribution in [3.63, 3.8) is 0 Å². The minimum absolute atomic E-state index is 0.123. The second kappa shape index (κ2) is 10.9. The summed E-state index contributed by atoms with van der Waals surface area (Å²) >= 11 is 0. The van der Waals surface area contributed by atoms with Gasteiger partial charge in [-0.25, -0.2) is 13.2 Å². The molecule has 0 spiro atoms. The number of nitrogen functional groups attached to an aromatic ring is 1. The Morgan fingerprint density at radius 3 is 2.48 bits per heavy atom. The number of nitrogens with zero attached hydrogens (tertiary/aromatic N) is 3. The quantitative estimate of drug-likeness (QED) is 0.499. The van der Waals surface area contributed by atoms with E-state index in [0.717, 1.165) is 12.8 Å². The molecule has 1 aromatic carbocycles. The Bertz CT molecular complexity index is 1150. The second-order valence-corrected chi connectivity index (χ2v) is 9.69. The largest absolute Gasteiger partial charge is 0.492 e. The maximum atomic E-state index is 12.7. The number of anilines is 2. The van der Waals surface area contributed by atoms with Gasteiger partial charge in [0.05, 0.1) is 24.7 Å². The first-order valence-electron chi connectivity index (χ1n) is 10.9. The summed E-state index contributed by atoms with van der Waals surface area (Å²) < 4.78 is 39.1. The van der Waals surface area contributed by atoms with Crippen molar-refractivity contribution >= 4 is 21.5 Å². The van der Waals surface area contributed by atoms with Crippen LogP contribution in [0.25, 0.3) is 0 Å². The van der Waals surface area contributed by atoms with Crippen LogP contribution in [0.5, 0.6) is 5.75 Å². The van der Waals surface area contributed by atoms with Gasteiger partial charge in [0.2, 0.25) is 10.0 Å². The van der Waals surface area contributed by atoms with E-state index in [0.29, 0.717) is 45.1 Å². The second-order valence-electron chi connectivity index (χ2n) is 7.76. The number of rotatable bonds is 10. The van der Waals surface area contributed by atoms with Crippen molar-refractivity contribution in [2.45, 2.75) is 31.2 Å². The third-order valence-corrected chi connectivity index (χ3v) is 7.37. The molecule has 3 N–H and O–H groups in total. The van der Waals surface area contributed by atoms with Gasteiger partial charge in [0, 0.05) is 26.7 Å². The molecule has 0 bridgehead atoms. The number of benzene rings is 1. The van der Waals surface area contributed by atoms with Gasteiger partial charge in [-0.05, 0) is 30.7 Å². The molecule has 11 nitrogen and oxygen atoms in total. The van der Waals surface area contributed by atoms with Gasteiger partial charge in [-0.1, -0.05) is 13.3 Å². The zero-order chi connectivity index (χ0) is 24.0. The van der Waals surface area contributed by atoms with Crippen LogP contribution < -0.4 is 26.6 Å². The molecule has 182 valence electrons. The molecule has 0 amide bonds. The van der Waals surface area contributed by atoms with Gasteiger partial charge in [-0.2, -0.15) is 4.31 Å². The molecule has 1 aliphatic rings. The number of nitrogens with one attached hydrogen (secondary N) is 1. The predicted molar refractivity (Wildman–Crippen MR) is 125 cm³/mol. The minimum atomic E-state index is -3.56. The number of aromatic amines is 1. The number of morpholine rings is 1. The summed E-state index contributed by atoms with van der Waals surface area (Å²) in [5.74, 6) is 0.622. The van der Waals surface area contributed by atoms with E-state index in [2.05, 4.69) is 4.98 Å². The summed E-state index contributed by atoms with van der Waals surface area (Å²) in [5.41, 5.74) is 5.26. The van der Waals surface area contributed by atoms with Crippen molar-refractivity contribution in [2.75, 3.05) is 57.1 Å². The normalized spacial score (nSPS) is 14.8. The van der Waals surface area contributed by atoms with Gasteiger partial charge in [0.1, 0.15) is 23.9 Å². The lowest BCUT2D eigenvalue weighted by Crippen LogP contribution is -2.40. The Labute approximate surface area is 192 Å². The molecule has 1 fully saturated rings. The topological polar surface area (TPSA) is 140 Å². The van der Waals surface area contributed by atoms with Crippen LogP contribution in [0.3, 0.4) is 0 Å². The smallest absolute Gasteiger partial charge is 0.330 e. The zero-order valence-electron chi connectivity index (χ0n) is 19.0. The summed E-state index contributed by atoms with van der Waals surface area (Å²) in [6.07, 6.45) is 1.65. The van der Waals surface area contributed by atoms with Crippen LogP contribution in [0.1, 0.15) is 19.8 Å². The predicted octanol–water partition coefficient (Wildman–Crippen LogP) is 0.455. The lowest BCUT2D eigenvalue weighted by molar-refractivity contribution is 0.0730. The fourth-order valence-corrected chi connectivity index (χ4v) is 4.95. The highest BCUT2D eigenvalue weighted by molar-refractivity contribution is 7.89. The number of likely N-dealkylation sites (N-methyl/N-ethyl adjacent to an activating group) is 1. The van der Waals surface area contributed by atoms with Gasteiger partial charge in [0.25, 0.3) is 5.56 Å². The molecular weight excluding hydrogens is 450 g/mol. The van der Waals surface area contributed by atoms with Crippen LogP contribution in [0.4, 0.5) is 11.5 Å². The van der Waals surface area contributed by atoms with Crippen LogP contribution in [0.2, 0.25) is 0 Å². The van der Waals surface area contributed by atoms with Crippen LogP contribution in [0.15, 0.2) is 38.8 Å². The SMILES string of the molecule is CCCCn1c(N)c(N(C)CCOc2ccc(S(=O)(=O)N3CCOCC3)cc2)c(=O)[nH]c1=O. The fourth-order valence-electron chi connectivity index (χ4n) is 3.54. The molecule has 0 saturated carbocycles. The molecule has 1 aromatic heterocycles. The molecule has 0 aliphatic carbocycles. The van der Waals surface area contributed by atoms with Crippen molar-refractivity contribution in [2.24, 2.45) is 0 Å². The van der Waals surface area contributed by atoms with Gasteiger partial charge >= 0.3 is 5.69 Å². The molecule has 0 atom stereocenters. The van der Waals surface area contributed by atoms with E-state index in [1.54, 1.807) is 24.1 Å². The molecule has 3 rings (SSSR count). The Kier molecular flexibility index (Phi) is 8.16. The van der Waals surface area contributed by atoms with E-state index in [1.165, 1.54) is 21.0 Å². The lowest BCUT2D eigenvalue weighted by atomic mass is 10.3. The Morgan fingerprint density at radius 1 is 1.18 bits per heavy atom.